The van der Waals surface area contributed by atoms with Crippen LogP contribution in [0, 0.1) is 0 Å². The van der Waals surface area contributed by atoms with Crippen molar-refractivity contribution in [3.8, 4) is 5.75 Å². The van der Waals surface area contributed by atoms with Gasteiger partial charge in [0.05, 0.1) is 15.5 Å². The molecule has 122 valence electrons. The van der Waals surface area contributed by atoms with Crippen LogP contribution in [0.15, 0.2) is 40.2 Å². The summed E-state index contributed by atoms with van der Waals surface area (Å²) in [6.45, 7) is 7.86. The summed E-state index contributed by atoms with van der Waals surface area (Å²) in [5.41, 5.74) is 0.831. The van der Waals surface area contributed by atoms with Crippen molar-refractivity contribution in [2.75, 3.05) is 6.54 Å². The zero-order valence-corrected chi connectivity index (χ0v) is 15.4. The molecule has 1 heterocycles. The molecule has 0 aliphatic carbocycles. The van der Waals surface area contributed by atoms with Crippen molar-refractivity contribution in [1.82, 2.24) is 4.90 Å². The van der Waals surface area contributed by atoms with E-state index >= 15 is 0 Å². The molecule has 1 saturated heterocycles. The van der Waals surface area contributed by atoms with Gasteiger partial charge in [-0.3, -0.25) is 14.5 Å². The second-order valence-electron chi connectivity index (χ2n) is 5.11. The number of hydrogen-bond acceptors (Lipinski definition) is 4. The number of halogens is 1. The number of carbonyl (C=O) groups is 2. The predicted molar refractivity (Wildman–Crippen MR) is 97.4 cm³/mol. The van der Waals surface area contributed by atoms with Gasteiger partial charge in [0.25, 0.3) is 11.1 Å². The van der Waals surface area contributed by atoms with Crippen molar-refractivity contribution in [2.45, 2.75) is 26.4 Å². The molecule has 2 rings (SSSR count). The Morgan fingerprint density at radius 3 is 2.78 bits per heavy atom. The topological polar surface area (TPSA) is 46.6 Å². The smallest absolute Gasteiger partial charge is 0.293 e. The number of benzene rings is 1. The highest BCUT2D eigenvalue weighted by Crippen LogP contribution is 2.34. The lowest BCUT2D eigenvalue weighted by Crippen LogP contribution is -2.27. The van der Waals surface area contributed by atoms with E-state index in [4.69, 9.17) is 4.74 Å². The quantitative estimate of drug-likeness (QED) is 0.510. The number of rotatable bonds is 6. The van der Waals surface area contributed by atoms with Crippen LogP contribution in [0.5, 0.6) is 5.75 Å². The SMILES string of the molecule is C=CCN1C(=O)S/C(=C/c2ccc(O[C@H](C)CC)c(Br)c2)C1=O. The summed E-state index contributed by atoms with van der Waals surface area (Å²) in [5.74, 6) is 0.479. The zero-order valence-electron chi connectivity index (χ0n) is 13.0. The molecule has 2 amide bonds. The van der Waals surface area contributed by atoms with Gasteiger partial charge >= 0.3 is 0 Å². The van der Waals surface area contributed by atoms with Gasteiger partial charge in [0.15, 0.2) is 0 Å². The molecule has 0 N–H and O–H groups in total. The molecule has 0 bridgehead atoms. The third kappa shape index (κ3) is 4.26. The van der Waals surface area contributed by atoms with Crippen LogP contribution in [0.3, 0.4) is 0 Å². The lowest BCUT2D eigenvalue weighted by Gasteiger charge is -2.14. The van der Waals surface area contributed by atoms with Gasteiger partial charge in [0.2, 0.25) is 0 Å². The van der Waals surface area contributed by atoms with E-state index in [0.717, 1.165) is 34.0 Å². The third-order valence-electron chi connectivity index (χ3n) is 3.34. The van der Waals surface area contributed by atoms with Crippen molar-refractivity contribution >= 4 is 44.9 Å². The van der Waals surface area contributed by atoms with E-state index in [-0.39, 0.29) is 23.8 Å². The van der Waals surface area contributed by atoms with E-state index in [2.05, 4.69) is 29.4 Å². The molecule has 23 heavy (non-hydrogen) atoms. The van der Waals surface area contributed by atoms with Crippen LogP contribution in [0.2, 0.25) is 0 Å². The maximum Gasteiger partial charge on any atom is 0.293 e. The number of nitrogens with zero attached hydrogens (tertiary/aromatic N) is 1. The molecule has 1 aliphatic rings. The van der Waals surface area contributed by atoms with Gasteiger partial charge in [0, 0.05) is 6.54 Å². The Balaban J connectivity index is 2.20. The first-order valence-corrected chi connectivity index (χ1v) is 8.89. The molecule has 0 saturated carbocycles. The number of hydrogen-bond donors (Lipinski definition) is 0. The molecule has 0 spiro atoms. The minimum absolute atomic E-state index is 0.132. The highest BCUT2D eigenvalue weighted by atomic mass is 79.9. The number of ether oxygens (including phenoxy) is 1. The van der Waals surface area contributed by atoms with E-state index < -0.39 is 0 Å². The third-order valence-corrected chi connectivity index (χ3v) is 4.87. The van der Waals surface area contributed by atoms with Crippen molar-refractivity contribution < 1.29 is 14.3 Å². The lowest BCUT2D eigenvalue weighted by atomic mass is 10.2. The second kappa shape index (κ2) is 7.84. The Hall–Kier alpha value is -1.53. The van der Waals surface area contributed by atoms with Gasteiger partial charge in [-0.15, -0.1) is 6.58 Å². The molecule has 4 nitrogen and oxygen atoms in total. The van der Waals surface area contributed by atoms with Crippen LogP contribution in [0.4, 0.5) is 4.79 Å². The molecular formula is C17H18BrNO3S. The van der Waals surface area contributed by atoms with Crippen LogP contribution < -0.4 is 4.74 Å². The van der Waals surface area contributed by atoms with E-state index in [1.165, 1.54) is 11.0 Å². The number of thioether (sulfide) groups is 1. The minimum Gasteiger partial charge on any atom is -0.490 e. The van der Waals surface area contributed by atoms with Crippen molar-refractivity contribution in [3.05, 3.63) is 45.8 Å². The number of imide groups is 1. The van der Waals surface area contributed by atoms with E-state index in [0.29, 0.717) is 4.91 Å². The van der Waals surface area contributed by atoms with Gasteiger partial charge in [-0.25, -0.2) is 0 Å². The van der Waals surface area contributed by atoms with Gasteiger partial charge in [-0.1, -0.05) is 19.1 Å². The monoisotopic (exact) mass is 395 g/mol. The van der Waals surface area contributed by atoms with Crippen molar-refractivity contribution in [3.63, 3.8) is 0 Å². The van der Waals surface area contributed by atoms with E-state index in [1.54, 1.807) is 6.08 Å². The molecule has 1 aromatic rings. The molecule has 1 atom stereocenters. The summed E-state index contributed by atoms with van der Waals surface area (Å²) < 4.78 is 6.61. The molecule has 0 aromatic heterocycles. The molecule has 6 heteroatoms. The Morgan fingerprint density at radius 2 is 2.17 bits per heavy atom. The van der Waals surface area contributed by atoms with E-state index in [1.807, 2.05) is 25.1 Å². The first-order chi connectivity index (χ1) is 11.0. The van der Waals surface area contributed by atoms with Crippen molar-refractivity contribution in [1.29, 1.82) is 0 Å². The highest BCUT2D eigenvalue weighted by Gasteiger charge is 2.34. The Kier molecular flexibility index (Phi) is 6.07. The Labute approximate surface area is 148 Å². The standard InChI is InChI=1S/C17H18BrNO3S/c1-4-8-19-16(20)15(23-17(19)21)10-12-6-7-14(13(18)9-12)22-11(3)5-2/h4,6-7,9-11H,1,5,8H2,2-3H3/b15-10+/t11-/m1/s1. The minimum atomic E-state index is -0.282. The summed E-state index contributed by atoms with van der Waals surface area (Å²) in [5, 5.41) is -0.267. The average Bonchev–Trinajstić information content (AvgIpc) is 2.78. The summed E-state index contributed by atoms with van der Waals surface area (Å²) >= 11 is 4.43. The van der Waals surface area contributed by atoms with Gasteiger partial charge < -0.3 is 4.74 Å². The highest BCUT2D eigenvalue weighted by molar-refractivity contribution is 9.10. The lowest BCUT2D eigenvalue weighted by molar-refractivity contribution is -0.122. The molecule has 1 aromatic carbocycles. The zero-order chi connectivity index (χ0) is 17.0. The summed E-state index contributed by atoms with van der Waals surface area (Å²) in [7, 11) is 0. The first kappa shape index (κ1) is 17.8. The van der Waals surface area contributed by atoms with Crippen LogP contribution in [0.25, 0.3) is 6.08 Å². The summed E-state index contributed by atoms with van der Waals surface area (Å²) in [6.07, 6.45) is 4.31. The summed E-state index contributed by atoms with van der Waals surface area (Å²) in [6, 6.07) is 5.60. The normalized spacial score (nSPS) is 17.7. The van der Waals surface area contributed by atoms with Crippen molar-refractivity contribution in [2.24, 2.45) is 0 Å². The number of carbonyl (C=O) groups excluding carboxylic acids is 2. The van der Waals surface area contributed by atoms with Gasteiger partial charge in [0.1, 0.15) is 5.75 Å². The fraction of sp³-hybridized carbons (Fsp3) is 0.294. The van der Waals surface area contributed by atoms with Crippen LogP contribution in [-0.2, 0) is 4.79 Å². The molecule has 0 radical (unpaired) electrons. The molecule has 0 unspecified atom stereocenters. The largest absolute Gasteiger partial charge is 0.490 e. The van der Waals surface area contributed by atoms with Crippen LogP contribution in [0.1, 0.15) is 25.8 Å². The van der Waals surface area contributed by atoms with Gasteiger partial charge in [-0.2, -0.15) is 0 Å². The Morgan fingerprint density at radius 1 is 1.43 bits per heavy atom. The first-order valence-electron chi connectivity index (χ1n) is 7.28. The molecule has 1 fully saturated rings. The summed E-state index contributed by atoms with van der Waals surface area (Å²) in [4.78, 5) is 25.6. The maximum atomic E-state index is 12.2. The van der Waals surface area contributed by atoms with E-state index in [9.17, 15) is 9.59 Å². The number of amides is 2. The maximum absolute atomic E-state index is 12.2. The fourth-order valence-corrected chi connectivity index (χ4v) is 3.28. The van der Waals surface area contributed by atoms with Crippen LogP contribution >= 0.6 is 27.7 Å². The molecule has 1 aliphatic heterocycles. The van der Waals surface area contributed by atoms with Crippen LogP contribution in [-0.4, -0.2) is 28.7 Å². The average molecular weight is 396 g/mol. The fourth-order valence-electron chi connectivity index (χ4n) is 1.94. The molecular weight excluding hydrogens is 378 g/mol. The Bertz CT molecular complexity index is 672. The van der Waals surface area contributed by atoms with Gasteiger partial charge in [-0.05, 0) is 64.8 Å². The second-order valence-corrected chi connectivity index (χ2v) is 6.96. The predicted octanol–water partition coefficient (Wildman–Crippen LogP) is 4.85.